The van der Waals surface area contributed by atoms with Gasteiger partial charge in [-0.2, -0.15) is 0 Å². The number of benzene rings is 1. The predicted octanol–water partition coefficient (Wildman–Crippen LogP) is 4.29. The van der Waals surface area contributed by atoms with Crippen molar-refractivity contribution >= 4 is 34.0 Å². The number of fused-ring (bicyclic) bond motifs is 1. The van der Waals surface area contributed by atoms with Gasteiger partial charge < -0.3 is 4.57 Å². The molecule has 2 aromatic heterocycles. The fourth-order valence-corrected chi connectivity index (χ4v) is 3.32. The highest BCUT2D eigenvalue weighted by Gasteiger charge is 2.19. The van der Waals surface area contributed by atoms with Crippen LogP contribution in [0.1, 0.15) is 28.7 Å². The van der Waals surface area contributed by atoms with Gasteiger partial charge in [0.05, 0.1) is 23.0 Å². The highest BCUT2D eigenvalue weighted by Crippen LogP contribution is 2.29. The Balaban J connectivity index is 2.20. The first kappa shape index (κ1) is 13.5. The Kier molecular flexibility index (Phi) is 3.48. The van der Waals surface area contributed by atoms with Crippen molar-refractivity contribution in [3.63, 3.8) is 0 Å². The molecule has 0 aliphatic heterocycles. The standard InChI is InChI=1S/C14H13ClFN3S/c1-8-7-17-14(20-8)9(2)19-12-5-10(16)3-4-11(12)18-13(19)6-15/h3-5,7,9H,6H2,1-2H3. The van der Waals surface area contributed by atoms with Crippen molar-refractivity contribution in [1.29, 1.82) is 0 Å². The summed E-state index contributed by atoms with van der Waals surface area (Å²) in [4.78, 5) is 10.0. The molecule has 0 N–H and O–H groups in total. The van der Waals surface area contributed by atoms with Crippen LogP contribution in [-0.2, 0) is 5.88 Å². The van der Waals surface area contributed by atoms with Gasteiger partial charge in [0.1, 0.15) is 16.6 Å². The number of rotatable bonds is 3. The van der Waals surface area contributed by atoms with Gasteiger partial charge in [-0.25, -0.2) is 14.4 Å². The summed E-state index contributed by atoms with van der Waals surface area (Å²) in [6.07, 6.45) is 1.84. The molecule has 0 fully saturated rings. The Morgan fingerprint density at radius 2 is 2.25 bits per heavy atom. The molecule has 104 valence electrons. The molecule has 0 saturated heterocycles. The molecular formula is C14H13ClFN3S. The number of aromatic nitrogens is 3. The number of aryl methyl sites for hydroxylation is 1. The van der Waals surface area contributed by atoms with E-state index in [0.29, 0.717) is 0 Å². The van der Waals surface area contributed by atoms with Gasteiger partial charge in [0, 0.05) is 11.1 Å². The van der Waals surface area contributed by atoms with Gasteiger partial charge in [-0.1, -0.05) is 0 Å². The zero-order chi connectivity index (χ0) is 14.3. The molecule has 3 rings (SSSR count). The number of hydrogen-bond donors (Lipinski definition) is 0. The van der Waals surface area contributed by atoms with Crippen LogP contribution in [-0.4, -0.2) is 14.5 Å². The fraction of sp³-hybridized carbons (Fsp3) is 0.286. The van der Waals surface area contributed by atoms with E-state index in [-0.39, 0.29) is 17.7 Å². The quantitative estimate of drug-likeness (QED) is 0.676. The summed E-state index contributed by atoms with van der Waals surface area (Å²) < 4.78 is 15.5. The first-order valence-electron chi connectivity index (χ1n) is 6.25. The van der Waals surface area contributed by atoms with Gasteiger partial charge in [0.2, 0.25) is 0 Å². The molecule has 0 amide bonds. The number of alkyl halides is 1. The van der Waals surface area contributed by atoms with Crippen LogP contribution < -0.4 is 0 Å². The van der Waals surface area contributed by atoms with Gasteiger partial charge in [-0.05, 0) is 32.0 Å². The summed E-state index contributed by atoms with van der Waals surface area (Å²) in [5.41, 5.74) is 1.50. The van der Waals surface area contributed by atoms with Crippen molar-refractivity contribution < 1.29 is 4.39 Å². The molecule has 0 aliphatic rings. The minimum absolute atomic E-state index is 0.0192. The zero-order valence-electron chi connectivity index (χ0n) is 11.1. The number of nitrogens with zero attached hydrogens (tertiary/aromatic N) is 3. The summed E-state index contributed by atoms with van der Waals surface area (Å²) in [6, 6.07) is 4.57. The smallest absolute Gasteiger partial charge is 0.125 e. The third-order valence-electron chi connectivity index (χ3n) is 3.23. The van der Waals surface area contributed by atoms with Gasteiger partial charge >= 0.3 is 0 Å². The first-order chi connectivity index (χ1) is 9.60. The van der Waals surface area contributed by atoms with Crippen molar-refractivity contribution in [3.05, 3.63) is 45.9 Å². The number of hydrogen-bond acceptors (Lipinski definition) is 3. The fourth-order valence-electron chi connectivity index (χ4n) is 2.32. The van der Waals surface area contributed by atoms with E-state index in [1.807, 2.05) is 24.6 Å². The Labute approximate surface area is 125 Å². The average molecular weight is 310 g/mol. The lowest BCUT2D eigenvalue weighted by Crippen LogP contribution is -2.09. The van der Waals surface area contributed by atoms with Crippen molar-refractivity contribution in [2.75, 3.05) is 0 Å². The van der Waals surface area contributed by atoms with Gasteiger partial charge in [-0.3, -0.25) is 0 Å². The molecule has 2 heterocycles. The SMILES string of the molecule is Cc1cnc(C(C)n2c(CCl)nc3ccc(F)cc32)s1. The highest BCUT2D eigenvalue weighted by atomic mass is 35.5. The lowest BCUT2D eigenvalue weighted by Gasteiger charge is -2.14. The molecule has 0 spiro atoms. The van der Waals surface area contributed by atoms with Crippen molar-refractivity contribution in [1.82, 2.24) is 14.5 Å². The summed E-state index contributed by atoms with van der Waals surface area (Å²) in [7, 11) is 0. The second kappa shape index (κ2) is 5.14. The third kappa shape index (κ3) is 2.21. The Bertz CT molecular complexity index is 765. The number of imidazole rings is 1. The molecule has 1 unspecified atom stereocenters. The van der Waals surface area contributed by atoms with Crippen molar-refractivity contribution in [2.24, 2.45) is 0 Å². The average Bonchev–Trinajstić information content (AvgIpc) is 3.01. The van der Waals surface area contributed by atoms with Crippen LogP contribution in [0, 0.1) is 12.7 Å². The Morgan fingerprint density at radius 3 is 2.90 bits per heavy atom. The van der Waals surface area contributed by atoms with Crippen LogP contribution >= 0.6 is 22.9 Å². The van der Waals surface area contributed by atoms with Crippen LogP contribution in [0.4, 0.5) is 4.39 Å². The van der Waals surface area contributed by atoms with E-state index in [4.69, 9.17) is 11.6 Å². The maximum absolute atomic E-state index is 13.5. The van der Waals surface area contributed by atoms with E-state index < -0.39 is 0 Å². The molecule has 0 saturated carbocycles. The molecule has 3 aromatic rings. The lowest BCUT2D eigenvalue weighted by molar-refractivity contribution is 0.616. The second-order valence-electron chi connectivity index (χ2n) is 4.65. The summed E-state index contributed by atoms with van der Waals surface area (Å²) in [5, 5.41) is 0.970. The molecule has 0 bridgehead atoms. The monoisotopic (exact) mass is 309 g/mol. The number of thiazole rings is 1. The molecule has 6 heteroatoms. The van der Waals surface area contributed by atoms with E-state index in [9.17, 15) is 4.39 Å². The van der Waals surface area contributed by atoms with Gasteiger partial charge in [0.25, 0.3) is 0 Å². The first-order valence-corrected chi connectivity index (χ1v) is 7.60. The largest absolute Gasteiger partial charge is 0.317 e. The maximum Gasteiger partial charge on any atom is 0.125 e. The summed E-state index contributed by atoms with van der Waals surface area (Å²) in [6.45, 7) is 4.04. The maximum atomic E-state index is 13.5. The number of halogens is 2. The van der Waals surface area contributed by atoms with E-state index >= 15 is 0 Å². The molecule has 0 radical (unpaired) electrons. The van der Waals surface area contributed by atoms with E-state index in [1.54, 1.807) is 17.4 Å². The Morgan fingerprint density at radius 1 is 1.45 bits per heavy atom. The molecule has 0 aliphatic carbocycles. The van der Waals surface area contributed by atoms with E-state index in [2.05, 4.69) is 9.97 Å². The normalized spacial score (nSPS) is 13.0. The predicted molar refractivity (Wildman–Crippen MR) is 79.9 cm³/mol. The Hall–Kier alpha value is -1.46. The molecule has 1 atom stereocenters. The van der Waals surface area contributed by atoms with Crippen LogP contribution in [0.2, 0.25) is 0 Å². The van der Waals surface area contributed by atoms with Gasteiger partial charge in [0.15, 0.2) is 0 Å². The summed E-state index contributed by atoms with van der Waals surface area (Å²) in [5.74, 6) is 0.736. The zero-order valence-corrected chi connectivity index (χ0v) is 12.7. The van der Waals surface area contributed by atoms with Crippen LogP contribution in [0.15, 0.2) is 24.4 Å². The topological polar surface area (TPSA) is 30.7 Å². The highest BCUT2D eigenvalue weighted by molar-refractivity contribution is 7.11. The van der Waals surface area contributed by atoms with E-state index in [1.165, 1.54) is 12.1 Å². The summed E-state index contributed by atoms with van der Waals surface area (Å²) >= 11 is 7.62. The van der Waals surface area contributed by atoms with E-state index in [0.717, 1.165) is 26.7 Å². The molecule has 20 heavy (non-hydrogen) atoms. The van der Waals surface area contributed by atoms with Crippen molar-refractivity contribution in [2.45, 2.75) is 25.8 Å². The molecule has 3 nitrogen and oxygen atoms in total. The molecule has 1 aromatic carbocycles. The molecular weight excluding hydrogens is 297 g/mol. The van der Waals surface area contributed by atoms with Crippen LogP contribution in [0.25, 0.3) is 11.0 Å². The van der Waals surface area contributed by atoms with Gasteiger partial charge in [-0.15, -0.1) is 22.9 Å². The lowest BCUT2D eigenvalue weighted by atomic mass is 10.2. The minimum atomic E-state index is -0.276. The van der Waals surface area contributed by atoms with Crippen LogP contribution in [0.3, 0.4) is 0 Å². The third-order valence-corrected chi connectivity index (χ3v) is 4.55. The second-order valence-corrected chi connectivity index (χ2v) is 6.18. The minimum Gasteiger partial charge on any atom is -0.317 e. The van der Waals surface area contributed by atoms with Crippen molar-refractivity contribution in [3.8, 4) is 0 Å². The van der Waals surface area contributed by atoms with Crippen LogP contribution in [0.5, 0.6) is 0 Å².